The van der Waals surface area contributed by atoms with Crippen LogP contribution in [0.15, 0.2) is 58.1 Å². The van der Waals surface area contributed by atoms with Crippen LogP contribution in [0.3, 0.4) is 0 Å². The van der Waals surface area contributed by atoms with Crippen molar-refractivity contribution in [2.75, 3.05) is 47.0 Å². The molecule has 9 nitrogen and oxygen atoms in total. The first-order chi connectivity index (χ1) is 16.9. The van der Waals surface area contributed by atoms with Crippen molar-refractivity contribution in [1.82, 2.24) is 9.55 Å². The molecule has 0 saturated carbocycles. The summed E-state index contributed by atoms with van der Waals surface area (Å²) in [6.07, 6.45) is 2.40. The van der Waals surface area contributed by atoms with E-state index < -0.39 is 11.2 Å². The molecule has 1 amide bonds. The molecule has 0 bridgehead atoms. The largest absolute Gasteiger partial charge is 0.383 e. The van der Waals surface area contributed by atoms with Gasteiger partial charge in [-0.25, -0.2) is 4.79 Å². The fraction of sp³-hybridized carbons (Fsp3) is 0.346. The Bertz CT molecular complexity index is 1310. The standard InChI is InChI=1S/C26H32N6O3/c1-3-30(17-22(33)28-21-12-11-20(15-18(21)2)31-13-7-8-14-31)23-24(27)32(26(35)29-25(23)34)16-19-9-5-4-6-10-19/h4-6,9-12,15H,3,7-8,13-14,16-17,27H2,1-2H3,(H,28,33)(H,29,34,35). The van der Waals surface area contributed by atoms with Crippen molar-refractivity contribution in [3.63, 3.8) is 0 Å². The fourth-order valence-corrected chi connectivity index (χ4v) is 4.48. The normalized spacial score (nSPS) is 13.1. The van der Waals surface area contributed by atoms with E-state index in [1.807, 2.05) is 56.3 Å². The van der Waals surface area contributed by atoms with Crippen LogP contribution in [-0.2, 0) is 11.3 Å². The zero-order valence-corrected chi connectivity index (χ0v) is 20.2. The summed E-state index contributed by atoms with van der Waals surface area (Å²) in [5.74, 6) is -0.244. The average molecular weight is 477 g/mol. The number of rotatable bonds is 8. The first-order valence-electron chi connectivity index (χ1n) is 11.9. The Morgan fingerprint density at radius 3 is 2.49 bits per heavy atom. The van der Waals surface area contributed by atoms with Gasteiger partial charge in [-0.2, -0.15) is 0 Å². The maximum absolute atomic E-state index is 12.9. The van der Waals surface area contributed by atoms with Gasteiger partial charge in [0, 0.05) is 31.0 Å². The summed E-state index contributed by atoms with van der Waals surface area (Å²) < 4.78 is 1.31. The number of carbonyl (C=O) groups excluding carboxylic acids is 1. The summed E-state index contributed by atoms with van der Waals surface area (Å²) in [4.78, 5) is 44.4. The molecule has 9 heteroatoms. The predicted molar refractivity (Wildman–Crippen MR) is 140 cm³/mol. The van der Waals surface area contributed by atoms with E-state index in [-0.39, 0.29) is 30.5 Å². The molecule has 2 aromatic carbocycles. The Morgan fingerprint density at radius 2 is 1.83 bits per heavy atom. The van der Waals surface area contributed by atoms with E-state index in [0.29, 0.717) is 6.54 Å². The van der Waals surface area contributed by atoms with Gasteiger partial charge in [-0.1, -0.05) is 30.3 Å². The van der Waals surface area contributed by atoms with E-state index in [1.54, 1.807) is 4.90 Å². The fourth-order valence-electron chi connectivity index (χ4n) is 4.48. The highest BCUT2D eigenvalue weighted by molar-refractivity contribution is 5.95. The zero-order chi connectivity index (χ0) is 24.9. The van der Waals surface area contributed by atoms with E-state index in [9.17, 15) is 14.4 Å². The van der Waals surface area contributed by atoms with Crippen LogP contribution >= 0.6 is 0 Å². The van der Waals surface area contributed by atoms with Gasteiger partial charge < -0.3 is 20.9 Å². The molecule has 0 radical (unpaired) electrons. The molecule has 1 fully saturated rings. The van der Waals surface area contributed by atoms with Crippen molar-refractivity contribution in [2.45, 2.75) is 33.2 Å². The number of aromatic nitrogens is 2. The maximum Gasteiger partial charge on any atom is 0.330 e. The quantitative estimate of drug-likeness (QED) is 0.460. The molecular formula is C26H32N6O3. The van der Waals surface area contributed by atoms with E-state index in [1.165, 1.54) is 17.4 Å². The second kappa shape index (κ2) is 10.5. The molecular weight excluding hydrogens is 444 g/mol. The highest BCUT2D eigenvalue weighted by atomic mass is 16.2. The van der Waals surface area contributed by atoms with Gasteiger partial charge in [0.1, 0.15) is 11.5 Å². The molecule has 0 spiro atoms. The number of anilines is 4. The summed E-state index contributed by atoms with van der Waals surface area (Å²) in [6.45, 7) is 6.39. The minimum atomic E-state index is -0.613. The van der Waals surface area contributed by atoms with E-state index in [4.69, 9.17) is 5.73 Å². The molecule has 0 aliphatic carbocycles. The van der Waals surface area contributed by atoms with Crippen molar-refractivity contribution in [3.05, 3.63) is 80.5 Å². The van der Waals surface area contributed by atoms with Crippen molar-refractivity contribution in [1.29, 1.82) is 0 Å². The SMILES string of the molecule is CCN(CC(=O)Nc1ccc(N2CCCC2)cc1C)c1c(N)n(Cc2ccccc2)c(=O)[nH]c1=O. The van der Waals surface area contributed by atoms with Gasteiger partial charge in [-0.05, 0) is 56.0 Å². The smallest absolute Gasteiger partial charge is 0.330 e. The first-order valence-corrected chi connectivity index (χ1v) is 11.9. The van der Waals surface area contributed by atoms with Gasteiger partial charge in [-0.3, -0.25) is 19.1 Å². The maximum atomic E-state index is 12.9. The number of nitrogens with one attached hydrogen (secondary N) is 2. The third-order valence-electron chi connectivity index (χ3n) is 6.39. The van der Waals surface area contributed by atoms with Crippen LogP contribution in [0.4, 0.5) is 22.9 Å². The Balaban J connectivity index is 1.53. The number of H-pyrrole nitrogens is 1. The van der Waals surface area contributed by atoms with Gasteiger partial charge in [0.05, 0.1) is 13.1 Å². The molecule has 4 rings (SSSR count). The summed E-state index contributed by atoms with van der Waals surface area (Å²) in [5, 5.41) is 2.95. The van der Waals surface area contributed by atoms with Gasteiger partial charge in [-0.15, -0.1) is 0 Å². The number of carbonyl (C=O) groups is 1. The van der Waals surface area contributed by atoms with Crippen LogP contribution in [0.2, 0.25) is 0 Å². The molecule has 1 aliphatic heterocycles. The molecule has 184 valence electrons. The van der Waals surface area contributed by atoms with Crippen LogP contribution in [0, 0.1) is 6.92 Å². The molecule has 3 aromatic rings. The van der Waals surface area contributed by atoms with Crippen molar-refractivity contribution >= 4 is 28.8 Å². The number of aryl methyl sites for hydroxylation is 1. The number of nitrogens with two attached hydrogens (primary N) is 1. The Kier molecular flexibility index (Phi) is 7.24. The lowest BCUT2D eigenvalue weighted by Crippen LogP contribution is -2.41. The van der Waals surface area contributed by atoms with Crippen LogP contribution in [-0.4, -0.2) is 41.6 Å². The first kappa shape index (κ1) is 24.1. The molecule has 4 N–H and O–H groups in total. The van der Waals surface area contributed by atoms with Crippen molar-refractivity contribution in [2.24, 2.45) is 0 Å². The average Bonchev–Trinajstić information content (AvgIpc) is 3.38. The van der Waals surface area contributed by atoms with Crippen LogP contribution in [0.25, 0.3) is 0 Å². The summed E-state index contributed by atoms with van der Waals surface area (Å²) in [7, 11) is 0. The second-order valence-corrected chi connectivity index (χ2v) is 8.82. The molecule has 0 unspecified atom stereocenters. The second-order valence-electron chi connectivity index (χ2n) is 8.82. The number of aromatic amines is 1. The van der Waals surface area contributed by atoms with Gasteiger partial charge in [0.15, 0.2) is 0 Å². The van der Waals surface area contributed by atoms with Crippen molar-refractivity contribution < 1.29 is 4.79 Å². The van der Waals surface area contributed by atoms with E-state index in [2.05, 4.69) is 21.3 Å². The molecule has 2 heterocycles. The molecule has 1 aromatic heterocycles. The summed E-state index contributed by atoms with van der Waals surface area (Å²) >= 11 is 0. The number of hydrogen-bond donors (Lipinski definition) is 3. The summed E-state index contributed by atoms with van der Waals surface area (Å²) in [5.41, 5.74) is 8.94. The third-order valence-corrected chi connectivity index (χ3v) is 6.39. The number of nitrogens with zero attached hydrogens (tertiary/aromatic N) is 3. The number of nitrogen functional groups attached to an aromatic ring is 1. The van der Waals surface area contributed by atoms with Crippen LogP contribution < -0.4 is 32.1 Å². The van der Waals surface area contributed by atoms with E-state index >= 15 is 0 Å². The molecule has 0 atom stereocenters. The minimum absolute atomic E-state index is 0.0309. The number of likely N-dealkylation sites (N-methyl/N-ethyl adjacent to an activating group) is 1. The Hall–Kier alpha value is -4.01. The topological polar surface area (TPSA) is 116 Å². The lowest BCUT2D eigenvalue weighted by molar-refractivity contribution is -0.115. The predicted octanol–water partition coefficient (Wildman–Crippen LogP) is 2.54. The zero-order valence-electron chi connectivity index (χ0n) is 20.2. The highest BCUT2D eigenvalue weighted by Crippen LogP contribution is 2.26. The van der Waals surface area contributed by atoms with Crippen molar-refractivity contribution in [3.8, 4) is 0 Å². The van der Waals surface area contributed by atoms with Crippen LogP contribution in [0.5, 0.6) is 0 Å². The van der Waals surface area contributed by atoms with Crippen LogP contribution in [0.1, 0.15) is 30.9 Å². The van der Waals surface area contributed by atoms with Gasteiger partial charge >= 0.3 is 5.69 Å². The number of amides is 1. The molecule has 1 aliphatic rings. The lowest BCUT2D eigenvalue weighted by atomic mass is 10.1. The Morgan fingerprint density at radius 1 is 1.11 bits per heavy atom. The monoisotopic (exact) mass is 476 g/mol. The van der Waals surface area contributed by atoms with E-state index in [0.717, 1.165) is 35.6 Å². The van der Waals surface area contributed by atoms with Gasteiger partial charge in [0.25, 0.3) is 5.56 Å². The number of hydrogen-bond acceptors (Lipinski definition) is 6. The Labute approximate surface area is 204 Å². The lowest BCUT2D eigenvalue weighted by Gasteiger charge is -2.24. The van der Waals surface area contributed by atoms with Gasteiger partial charge in [0.2, 0.25) is 5.91 Å². The molecule has 35 heavy (non-hydrogen) atoms. The minimum Gasteiger partial charge on any atom is -0.383 e. The highest BCUT2D eigenvalue weighted by Gasteiger charge is 2.21. The summed E-state index contributed by atoms with van der Waals surface area (Å²) in [6, 6.07) is 15.4. The number of benzene rings is 2. The molecule has 1 saturated heterocycles. The third kappa shape index (κ3) is 5.40.